The molecule has 5 heteroatoms. The standard InChI is InChI=1S/C12H4S5/c1-3-14-11-5(1)8-10(17-11)7-9-6(2-4-13-9)15-12(7)16-8/h1-4H. The SMILES string of the molecule is c1cc2c(s1)sc1c2sc2sc3ccsc3c21. The molecule has 0 aliphatic carbocycles. The van der Waals surface area contributed by atoms with Crippen LogP contribution < -0.4 is 0 Å². The van der Waals surface area contributed by atoms with E-state index in [1.165, 1.54) is 37.6 Å². The normalized spacial score (nSPS) is 12.7. The third-order valence-electron chi connectivity index (χ3n) is 2.96. The molecule has 5 rings (SSSR count). The molecule has 0 unspecified atom stereocenters. The summed E-state index contributed by atoms with van der Waals surface area (Å²) in [5, 5.41) is 7.40. The highest BCUT2D eigenvalue weighted by atomic mass is 32.2. The second kappa shape index (κ2) is 3.10. The first-order valence-corrected chi connectivity index (χ1v) is 9.31. The highest BCUT2D eigenvalue weighted by Gasteiger charge is 2.17. The Bertz CT molecular complexity index is 984. The molecule has 17 heavy (non-hydrogen) atoms. The van der Waals surface area contributed by atoms with Crippen LogP contribution in [-0.2, 0) is 0 Å². The third-order valence-corrected chi connectivity index (χ3v) is 8.88. The summed E-state index contributed by atoms with van der Waals surface area (Å²) < 4.78 is 8.94. The van der Waals surface area contributed by atoms with E-state index in [-0.39, 0.29) is 0 Å². The average molecular weight is 308 g/mol. The summed E-state index contributed by atoms with van der Waals surface area (Å²) in [6, 6.07) is 4.52. The summed E-state index contributed by atoms with van der Waals surface area (Å²) in [5.41, 5.74) is 0. The predicted molar refractivity (Wildman–Crippen MR) is 85.9 cm³/mol. The maximum absolute atomic E-state index is 2.27. The smallest absolute Gasteiger partial charge is 0.0907 e. The number of thiophene rings is 5. The van der Waals surface area contributed by atoms with Gasteiger partial charge < -0.3 is 0 Å². The summed E-state index contributed by atoms with van der Waals surface area (Å²) in [4.78, 5) is 0. The molecule has 0 saturated carbocycles. The van der Waals surface area contributed by atoms with Gasteiger partial charge in [0.05, 0.1) is 22.1 Å². The average Bonchev–Trinajstić information content (AvgIpc) is 2.97. The molecule has 0 amide bonds. The molecule has 0 aliphatic rings. The van der Waals surface area contributed by atoms with Crippen molar-refractivity contribution in [2.24, 2.45) is 0 Å². The minimum Gasteiger partial charge on any atom is -0.142 e. The highest BCUT2D eigenvalue weighted by molar-refractivity contribution is 7.51. The van der Waals surface area contributed by atoms with E-state index < -0.39 is 0 Å². The van der Waals surface area contributed by atoms with Crippen molar-refractivity contribution in [1.82, 2.24) is 0 Å². The van der Waals surface area contributed by atoms with Crippen LogP contribution in [0.2, 0.25) is 0 Å². The van der Waals surface area contributed by atoms with Crippen LogP contribution in [0.15, 0.2) is 22.9 Å². The van der Waals surface area contributed by atoms with Crippen molar-refractivity contribution >= 4 is 94.3 Å². The van der Waals surface area contributed by atoms with Crippen LogP contribution in [0.4, 0.5) is 0 Å². The zero-order valence-corrected chi connectivity index (χ0v) is 12.4. The molecule has 5 aromatic rings. The second-order valence-corrected chi connectivity index (χ2v) is 9.31. The van der Waals surface area contributed by atoms with Crippen molar-refractivity contribution in [1.29, 1.82) is 0 Å². The lowest BCUT2D eigenvalue weighted by molar-refractivity contribution is 2.23. The van der Waals surface area contributed by atoms with Crippen molar-refractivity contribution in [3.63, 3.8) is 0 Å². The summed E-state index contributed by atoms with van der Waals surface area (Å²) in [6.07, 6.45) is 0. The van der Waals surface area contributed by atoms with Gasteiger partial charge in [-0.25, -0.2) is 0 Å². The van der Waals surface area contributed by atoms with Crippen LogP contribution in [0.3, 0.4) is 0 Å². The summed E-state index contributed by atoms with van der Waals surface area (Å²) in [5.74, 6) is 0. The van der Waals surface area contributed by atoms with Gasteiger partial charge in [0, 0.05) is 15.5 Å². The van der Waals surface area contributed by atoms with Crippen molar-refractivity contribution in [3.05, 3.63) is 22.9 Å². The molecule has 0 bridgehead atoms. The van der Waals surface area contributed by atoms with Gasteiger partial charge in [-0.3, -0.25) is 0 Å². The molecule has 0 spiro atoms. The van der Waals surface area contributed by atoms with Gasteiger partial charge in [-0.1, -0.05) is 0 Å². The van der Waals surface area contributed by atoms with E-state index in [2.05, 4.69) is 22.9 Å². The lowest BCUT2D eigenvalue weighted by atomic mass is 10.3. The summed E-state index contributed by atoms with van der Waals surface area (Å²) >= 11 is 9.64. The van der Waals surface area contributed by atoms with E-state index in [1.807, 2.05) is 56.7 Å². The van der Waals surface area contributed by atoms with Crippen molar-refractivity contribution in [2.45, 2.75) is 0 Å². The second-order valence-electron chi connectivity index (χ2n) is 3.86. The molecule has 0 aliphatic heterocycles. The fraction of sp³-hybridized carbons (Fsp3) is 0. The monoisotopic (exact) mass is 308 g/mol. The third kappa shape index (κ3) is 1.07. The van der Waals surface area contributed by atoms with Crippen molar-refractivity contribution < 1.29 is 0 Å². The number of hydrogen-bond donors (Lipinski definition) is 0. The van der Waals surface area contributed by atoms with Gasteiger partial charge in [0.2, 0.25) is 0 Å². The quantitative estimate of drug-likeness (QED) is 0.302. The Balaban J connectivity index is 2.19. The fourth-order valence-electron chi connectivity index (χ4n) is 2.23. The number of rotatable bonds is 0. The van der Waals surface area contributed by atoms with Crippen molar-refractivity contribution in [2.75, 3.05) is 0 Å². The molecule has 5 heterocycles. The van der Waals surface area contributed by atoms with Crippen LogP contribution in [0.5, 0.6) is 0 Å². The molecule has 0 aromatic carbocycles. The fourth-order valence-corrected chi connectivity index (χ4v) is 8.84. The molecule has 0 fully saturated rings. The van der Waals surface area contributed by atoms with Crippen LogP contribution >= 0.6 is 56.7 Å². The first-order chi connectivity index (χ1) is 8.42. The van der Waals surface area contributed by atoms with Gasteiger partial charge in [0.1, 0.15) is 0 Å². The molecule has 0 radical (unpaired) electrons. The van der Waals surface area contributed by atoms with Gasteiger partial charge in [-0.15, -0.1) is 56.7 Å². The molecular formula is C12H4S5. The first kappa shape index (κ1) is 9.47. The van der Waals surface area contributed by atoms with Crippen molar-refractivity contribution in [3.8, 4) is 0 Å². The van der Waals surface area contributed by atoms with Gasteiger partial charge in [0.15, 0.2) is 0 Å². The first-order valence-electron chi connectivity index (χ1n) is 5.10. The molecule has 0 atom stereocenters. The Hall–Kier alpha value is -0.460. The zero-order chi connectivity index (χ0) is 11.0. The topological polar surface area (TPSA) is 0 Å². The van der Waals surface area contributed by atoms with E-state index in [4.69, 9.17) is 0 Å². The number of fused-ring (bicyclic) bond motifs is 7. The van der Waals surface area contributed by atoms with Crippen LogP contribution in [0, 0.1) is 0 Å². The van der Waals surface area contributed by atoms with Crippen LogP contribution in [0.1, 0.15) is 0 Å². The van der Waals surface area contributed by atoms with Crippen LogP contribution in [-0.4, -0.2) is 0 Å². The van der Waals surface area contributed by atoms with E-state index in [9.17, 15) is 0 Å². The Morgan fingerprint density at radius 2 is 1.59 bits per heavy atom. The summed E-state index contributed by atoms with van der Waals surface area (Å²) in [6.45, 7) is 0. The molecular weight excluding hydrogens is 304 g/mol. The molecule has 0 N–H and O–H groups in total. The Labute approximate surface area is 116 Å². The molecule has 0 nitrogen and oxygen atoms in total. The Morgan fingerprint density at radius 1 is 0.706 bits per heavy atom. The maximum Gasteiger partial charge on any atom is 0.0907 e. The molecule has 82 valence electrons. The molecule has 0 saturated heterocycles. The van der Waals surface area contributed by atoms with E-state index >= 15 is 0 Å². The Kier molecular flexibility index (Phi) is 1.73. The van der Waals surface area contributed by atoms with E-state index in [0.29, 0.717) is 0 Å². The van der Waals surface area contributed by atoms with Gasteiger partial charge >= 0.3 is 0 Å². The van der Waals surface area contributed by atoms with Crippen LogP contribution in [0.25, 0.3) is 37.6 Å². The Morgan fingerprint density at radius 3 is 2.59 bits per heavy atom. The van der Waals surface area contributed by atoms with Gasteiger partial charge in [-0.2, -0.15) is 0 Å². The highest BCUT2D eigenvalue weighted by Crippen LogP contribution is 2.51. The van der Waals surface area contributed by atoms with E-state index in [1.54, 1.807) is 0 Å². The maximum atomic E-state index is 2.27. The lowest BCUT2D eigenvalue weighted by Gasteiger charge is -1.78. The minimum absolute atomic E-state index is 1.45. The van der Waals surface area contributed by atoms with E-state index in [0.717, 1.165) is 0 Å². The largest absolute Gasteiger partial charge is 0.142 e. The predicted octanol–water partition coefficient (Wildman–Crippen LogP) is 6.61. The summed E-state index contributed by atoms with van der Waals surface area (Å²) in [7, 11) is 0. The van der Waals surface area contributed by atoms with Gasteiger partial charge in [-0.05, 0) is 22.9 Å². The number of hydrogen-bond acceptors (Lipinski definition) is 5. The molecule has 5 aromatic heterocycles. The lowest BCUT2D eigenvalue weighted by Crippen LogP contribution is -1.49. The zero-order valence-electron chi connectivity index (χ0n) is 8.35. The van der Waals surface area contributed by atoms with Gasteiger partial charge in [0.25, 0.3) is 0 Å². The minimum atomic E-state index is 1.45.